The van der Waals surface area contributed by atoms with E-state index in [1.165, 1.54) is 6.07 Å². The molecular weight excluding hydrogens is 323 g/mol. The lowest BCUT2D eigenvalue weighted by Gasteiger charge is -2.07. The molecule has 82 valence electrons. The van der Waals surface area contributed by atoms with Crippen molar-refractivity contribution >= 4 is 38.8 Å². The molecule has 1 rings (SSSR count). The minimum atomic E-state index is -0.437. The van der Waals surface area contributed by atoms with Crippen LogP contribution in [-0.2, 0) is 4.74 Å². The molecule has 0 saturated heterocycles. The largest absolute Gasteiger partial charge is 0.507 e. The van der Waals surface area contributed by atoms with Crippen LogP contribution in [0.1, 0.15) is 16.8 Å². The number of phenols is 1. The van der Waals surface area contributed by atoms with Crippen molar-refractivity contribution in [1.29, 1.82) is 0 Å². The summed E-state index contributed by atoms with van der Waals surface area (Å²) in [6.45, 7) is 0.437. The van der Waals surface area contributed by atoms with E-state index < -0.39 is 5.97 Å². The van der Waals surface area contributed by atoms with Gasteiger partial charge in [0.25, 0.3) is 0 Å². The van der Waals surface area contributed by atoms with E-state index in [1.54, 1.807) is 12.1 Å². The zero-order valence-electron chi connectivity index (χ0n) is 8.50. The van der Waals surface area contributed by atoms with E-state index in [2.05, 4.69) is 0 Å². The summed E-state index contributed by atoms with van der Waals surface area (Å²) in [6, 6.07) is 6.08. The Balaban J connectivity index is 2.73. The van der Waals surface area contributed by atoms with Crippen molar-refractivity contribution in [3.63, 3.8) is 0 Å². The Hall–Kier alpha value is -0.563. The Bertz CT molecular complexity index is 334. The summed E-state index contributed by atoms with van der Waals surface area (Å²) in [5.41, 5.74) is 0.270. The van der Waals surface area contributed by atoms with E-state index in [0.29, 0.717) is 10.2 Å². The average molecular weight is 336 g/mol. The predicted octanol–water partition coefficient (Wildman–Crippen LogP) is 1.33. The number of aromatic hydroxyl groups is 1. The minimum absolute atomic E-state index is 0.0160. The first kappa shape index (κ1) is 12.5. The summed E-state index contributed by atoms with van der Waals surface area (Å²) in [7, 11) is 1.12. The third kappa shape index (κ3) is 3.49. The molecule has 15 heavy (non-hydrogen) atoms. The van der Waals surface area contributed by atoms with Crippen LogP contribution >= 0.6 is 22.6 Å². The highest BCUT2D eigenvalue weighted by molar-refractivity contribution is 14.1. The van der Waals surface area contributed by atoms with Gasteiger partial charge in [-0.1, -0.05) is 12.1 Å². The first-order valence-corrected chi connectivity index (χ1v) is 7.30. The number of benzene rings is 1. The van der Waals surface area contributed by atoms with E-state index in [4.69, 9.17) is 4.74 Å². The van der Waals surface area contributed by atoms with Crippen LogP contribution in [0.15, 0.2) is 18.2 Å². The van der Waals surface area contributed by atoms with E-state index in [0.717, 1.165) is 22.7 Å². The average Bonchev–Trinajstić information content (AvgIpc) is 2.18. The van der Waals surface area contributed by atoms with E-state index in [1.807, 2.05) is 22.6 Å². The first-order chi connectivity index (χ1) is 7.16. The van der Waals surface area contributed by atoms with Gasteiger partial charge in [0.05, 0.1) is 6.61 Å². The van der Waals surface area contributed by atoms with E-state index in [9.17, 15) is 9.90 Å². The molecule has 0 amide bonds. The number of hydrogen-bond acceptors (Lipinski definition) is 3. The molecule has 0 heterocycles. The normalized spacial score (nSPS) is 10.2. The van der Waals surface area contributed by atoms with Gasteiger partial charge in [0.2, 0.25) is 0 Å². The first-order valence-electron chi connectivity index (χ1n) is 4.81. The van der Waals surface area contributed by atoms with Gasteiger partial charge in [-0.25, -0.2) is 4.79 Å². The Kier molecular flexibility index (Phi) is 5.10. The van der Waals surface area contributed by atoms with Gasteiger partial charge in [0.1, 0.15) is 11.3 Å². The highest BCUT2D eigenvalue weighted by Gasteiger charge is 2.15. The third-order valence-corrected chi connectivity index (χ3v) is 3.53. The van der Waals surface area contributed by atoms with Crippen molar-refractivity contribution in [3.05, 3.63) is 27.3 Å². The van der Waals surface area contributed by atoms with Crippen LogP contribution in [0.25, 0.3) is 0 Å². The van der Waals surface area contributed by atoms with Crippen LogP contribution in [0.4, 0.5) is 0 Å². The molecule has 0 unspecified atom stereocenters. The number of phenolic OH excluding ortho intramolecular Hbond substituents is 1. The van der Waals surface area contributed by atoms with Crippen molar-refractivity contribution in [2.75, 3.05) is 6.61 Å². The van der Waals surface area contributed by atoms with Crippen LogP contribution in [0.2, 0.25) is 6.04 Å². The van der Waals surface area contributed by atoms with Crippen LogP contribution in [0, 0.1) is 3.57 Å². The number of rotatable bonds is 4. The molecule has 0 aliphatic carbocycles. The molecule has 0 aromatic heterocycles. The second-order valence-electron chi connectivity index (χ2n) is 3.12. The van der Waals surface area contributed by atoms with Gasteiger partial charge >= 0.3 is 5.97 Å². The lowest BCUT2D eigenvalue weighted by atomic mass is 10.2. The molecule has 0 fully saturated rings. The number of carbonyl (C=O) groups is 1. The molecule has 0 aliphatic rings. The SMILES string of the molecule is O=C(OCCC[SiH3])c1c(O)cccc1I. The highest BCUT2D eigenvalue weighted by atomic mass is 127. The fourth-order valence-electron chi connectivity index (χ4n) is 1.10. The predicted molar refractivity (Wildman–Crippen MR) is 70.5 cm³/mol. The molecule has 3 nitrogen and oxygen atoms in total. The summed E-state index contributed by atoms with van der Waals surface area (Å²) in [4.78, 5) is 11.6. The molecule has 0 aliphatic heterocycles. The third-order valence-electron chi connectivity index (χ3n) is 1.93. The molecule has 0 saturated carbocycles. The summed E-state index contributed by atoms with van der Waals surface area (Å²) < 4.78 is 5.76. The highest BCUT2D eigenvalue weighted by Crippen LogP contribution is 2.23. The summed E-state index contributed by atoms with van der Waals surface area (Å²) >= 11 is 2.01. The lowest BCUT2D eigenvalue weighted by Crippen LogP contribution is -2.08. The Morgan fingerprint density at radius 3 is 2.87 bits per heavy atom. The quantitative estimate of drug-likeness (QED) is 0.391. The van der Waals surface area contributed by atoms with Crippen molar-refractivity contribution in [2.24, 2.45) is 0 Å². The Morgan fingerprint density at radius 2 is 2.27 bits per heavy atom. The lowest BCUT2D eigenvalue weighted by molar-refractivity contribution is 0.0501. The molecule has 1 aromatic rings. The summed E-state index contributed by atoms with van der Waals surface area (Å²) in [5, 5.41) is 9.52. The molecule has 0 bridgehead atoms. The molecule has 1 N–H and O–H groups in total. The summed E-state index contributed by atoms with van der Waals surface area (Å²) in [5.74, 6) is -0.453. The number of ether oxygens (including phenoxy) is 1. The molecular formula is C10H13IO3Si. The fraction of sp³-hybridized carbons (Fsp3) is 0.300. The number of carbonyl (C=O) groups excluding carboxylic acids is 1. The van der Waals surface area contributed by atoms with Crippen LogP contribution < -0.4 is 0 Å². The van der Waals surface area contributed by atoms with Crippen molar-refractivity contribution in [3.8, 4) is 5.75 Å². The van der Waals surface area contributed by atoms with Gasteiger partial charge in [0.15, 0.2) is 0 Å². The van der Waals surface area contributed by atoms with Crippen molar-refractivity contribution in [1.82, 2.24) is 0 Å². The number of hydrogen-bond donors (Lipinski definition) is 1. The smallest absolute Gasteiger partial charge is 0.343 e. The zero-order valence-corrected chi connectivity index (χ0v) is 12.7. The molecule has 0 atom stereocenters. The maximum atomic E-state index is 11.6. The molecule has 0 spiro atoms. The van der Waals surface area contributed by atoms with Crippen molar-refractivity contribution in [2.45, 2.75) is 12.5 Å². The van der Waals surface area contributed by atoms with Gasteiger partial charge in [-0.2, -0.15) is 0 Å². The van der Waals surface area contributed by atoms with Gasteiger partial charge in [-0.3, -0.25) is 0 Å². The molecule has 0 radical (unpaired) electrons. The summed E-state index contributed by atoms with van der Waals surface area (Å²) in [6.07, 6.45) is 0.905. The number of esters is 1. The van der Waals surface area contributed by atoms with Gasteiger partial charge in [0, 0.05) is 13.8 Å². The number of halogens is 1. The standard InChI is InChI=1S/C10H13IO3Si/c11-7-3-1-4-8(12)9(7)10(13)14-5-2-6-15/h1,3-4,12H,2,5-6H2,15H3. The topological polar surface area (TPSA) is 46.5 Å². The maximum absolute atomic E-state index is 11.6. The maximum Gasteiger partial charge on any atom is 0.343 e. The zero-order chi connectivity index (χ0) is 11.3. The Morgan fingerprint density at radius 1 is 1.53 bits per heavy atom. The Labute approximate surface area is 105 Å². The van der Waals surface area contributed by atoms with Crippen LogP contribution in [0.5, 0.6) is 5.75 Å². The van der Waals surface area contributed by atoms with E-state index in [-0.39, 0.29) is 11.3 Å². The van der Waals surface area contributed by atoms with E-state index >= 15 is 0 Å². The fourth-order valence-corrected chi connectivity index (χ4v) is 2.09. The van der Waals surface area contributed by atoms with Crippen LogP contribution in [-0.4, -0.2) is 27.9 Å². The molecule has 1 aromatic carbocycles. The van der Waals surface area contributed by atoms with Gasteiger partial charge in [-0.05, 0) is 41.1 Å². The van der Waals surface area contributed by atoms with Crippen LogP contribution in [0.3, 0.4) is 0 Å². The minimum Gasteiger partial charge on any atom is -0.507 e. The monoisotopic (exact) mass is 336 g/mol. The second-order valence-corrected chi connectivity index (χ2v) is 5.29. The van der Waals surface area contributed by atoms with Gasteiger partial charge in [-0.15, -0.1) is 0 Å². The van der Waals surface area contributed by atoms with Crippen molar-refractivity contribution < 1.29 is 14.6 Å². The van der Waals surface area contributed by atoms with Gasteiger partial charge < -0.3 is 9.84 Å². The molecule has 5 heteroatoms. The second kappa shape index (κ2) is 6.11.